The van der Waals surface area contributed by atoms with Gasteiger partial charge in [0.25, 0.3) is 0 Å². The zero-order valence-corrected chi connectivity index (χ0v) is 14.5. The van der Waals surface area contributed by atoms with Crippen LogP contribution in [0.25, 0.3) is 0 Å². The summed E-state index contributed by atoms with van der Waals surface area (Å²) in [4.78, 5) is 0. The molecule has 21 heavy (non-hydrogen) atoms. The average molecular weight is 288 g/mol. The van der Waals surface area contributed by atoms with E-state index in [0.29, 0.717) is 5.92 Å². The highest BCUT2D eigenvalue weighted by Crippen LogP contribution is 2.52. The summed E-state index contributed by atoms with van der Waals surface area (Å²) in [5.74, 6) is 0.531. The van der Waals surface area contributed by atoms with E-state index in [2.05, 4.69) is 46.8 Å². The number of fused-ring (bicyclic) bond motifs is 1. The van der Waals surface area contributed by atoms with E-state index < -0.39 is 0 Å². The molecule has 1 heteroatoms. The second-order valence-corrected chi connectivity index (χ2v) is 7.76. The molecule has 1 nitrogen and oxygen atoms in total. The largest absolute Gasteiger partial charge is 0.389 e. The third-order valence-electron chi connectivity index (χ3n) is 5.59. The van der Waals surface area contributed by atoms with Gasteiger partial charge in [-0.1, -0.05) is 35.8 Å². The molecular formula is C20H32O. The minimum Gasteiger partial charge on any atom is -0.389 e. The fraction of sp³-hybridized carbons (Fsp3) is 0.700. The molecule has 0 bridgehead atoms. The zero-order valence-electron chi connectivity index (χ0n) is 14.5. The van der Waals surface area contributed by atoms with Crippen LogP contribution in [0.4, 0.5) is 0 Å². The van der Waals surface area contributed by atoms with Crippen molar-refractivity contribution in [3.63, 3.8) is 0 Å². The van der Waals surface area contributed by atoms with Gasteiger partial charge in [-0.3, -0.25) is 0 Å². The zero-order chi connectivity index (χ0) is 15.6. The Morgan fingerprint density at radius 1 is 1.14 bits per heavy atom. The topological polar surface area (TPSA) is 20.2 Å². The first-order chi connectivity index (χ1) is 9.83. The van der Waals surface area contributed by atoms with Crippen LogP contribution in [0.1, 0.15) is 73.1 Å². The minimum atomic E-state index is -0.231. The predicted molar refractivity (Wildman–Crippen MR) is 91.2 cm³/mol. The van der Waals surface area contributed by atoms with Gasteiger partial charge in [-0.15, -0.1) is 0 Å². The summed E-state index contributed by atoms with van der Waals surface area (Å²) >= 11 is 0. The summed E-state index contributed by atoms with van der Waals surface area (Å²) in [5, 5.41) is 10.6. The molecule has 1 saturated carbocycles. The van der Waals surface area contributed by atoms with Gasteiger partial charge >= 0.3 is 0 Å². The second kappa shape index (κ2) is 6.52. The average Bonchev–Trinajstić information content (AvgIpc) is 2.64. The molecule has 3 atom stereocenters. The molecule has 0 aliphatic heterocycles. The maximum absolute atomic E-state index is 10.6. The molecule has 2 aliphatic rings. The molecule has 0 aromatic heterocycles. The number of hydrogen-bond donors (Lipinski definition) is 1. The van der Waals surface area contributed by atoms with Gasteiger partial charge in [-0.25, -0.2) is 0 Å². The quantitative estimate of drug-likeness (QED) is 0.578. The molecule has 0 spiro atoms. The first-order valence-electron chi connectivity index (χ1n) is 8.50. The van der Waals surface area contributed by atoms with Crippen LogP contribution in [0.15, 0.2) is 34.4 Å². The summed E-state index contributed by atoms with van der Waals surface area (Å²) in [6, 6.07) is 0. The SMILES string of the molecule is CC1=CCC2(C)CC(O)C(=C(C)C)C2CCC(C)=CCC1. The fourth-order valence-electron chi connectivity index (χ4n) is 4.24. The van der Waals surface area contributed by atoms with E-state index >= 15 is 0 Å². The first kappa shape index (κ1) is 16.5. The van der Waals surface area contributed by atoms with E-state index in [1.54, 1.807) is 0 Å². The van der Waals surface area contributed by atoms with Crippen molar-refractivity contribution in [1.82, 2.24) is 0 Å². The Bertz CT molecular complexity index is 476. The molecule has 0 aromatic carbocycles. The van der Waals surface area contributed by atoms with Crippen LogP contribution >= 0.6 is 0 Å². The Balaban J connectivity index is 2.37. The maximum atomic E-state index is 10.6. The monoisotopic (exact) mass is 288 g/mol. The van der Waals surface area contributed by atoms with Gasteiger partial charge in [-0.05, 0) is 83.1 Å². The Hall–Kier alpha value is -0.820. The summed E-state index contributed by atoms with van der Waals surface area (Å²) in [7, 11) is 0. The highest BCUT2D eigenvalue weighted by Gasteiger charge is 2.45. The maximum Gasteiger partial charge on any atom is 0.0761 e. The van der Waals surface area contributed by atoms with Crippen LogP contribution in [0, 0.1) is 11.3 Å². The van der Waals surface area contributed by atoms with Gasteiger partial charge < -0.3 is 5.11 Å². The first-order valence-corrected chi connectivity index (χ1v) is 8.50. The van der Waals surface area contributed by atoms with Gasteiger partial charge in [0.05, 0.1) is 6.10 Å². The van der Waals surface area contributed by atoms with Crippen molar-refractivity contribution in [3.05, 3.63) is 34.4 Å². The van der Waals surface area contributed by atoms with Crippen molar-refractivity contribution in [2.24, 2.45) is 11.3 Å². The lowest BCUT2D eigenvalue weighted by Gasteiger charge is -2.31. The molecule has 2 aliphatic carbocycles. The molecule has 0 amide bonds. The molecule has 0 heterocycles. The summed E-state index contributed by atoms with van der Waals surface area (Å²) in [5.41, 5.74) is 5.89. The van der Waals surface area contributed by atoms with Gasteiger partial charge in [-0.2, -0.15) is 0 Å². The Kier molecular flexibility index (Phi) is 5.14. The Labute approximate surface area is 130 Å². The second-order valence-electron chi connectivity index (χ2n) is 7.76. The van der Waals surface area contributed by atoms with Crippen molar-refractivity contribution in [2.45, 2.75) is 79.2 Å². The van der Waals surface area contributed by atoms with Crippen molar-refractivity contribution in [3.8, 4) is 0 Å². The molecule has 1 fully saturated rings. The van der Waals surface area contributed by atoms with Crippen LogP contribution in [0.5, 0.6) is 0 Å². The Morgan fingerprint density at radius 2 is 1.81 bits per heavy atom. The van der Waals surface area contributed by atoms with Crippen molar-refractivity contribution in [1.29, 1.82) is 0 Å². The number of rotatable bonds is 0. The number of aliphatic hydroxyl groups is 1. The molecule has 1 N–H and O–H groups in total. The summed E-state index contributed by atoms with van der Waals surface area (Å²) in [6.45, 7) is 11.2. The van der Waals surface area contributed by atoms with Crippen LogP contribution < -0.4 is 0 Å². The van der Waals surface area contributed by atoms with Crippen LogP contribution in [-0.2, 0) is 0 Å². The van der Waals surface area contributed by atoms with E-state index in [1.807, 2.05) is 0 Å². The van der Waals surface area contributed by atoms with E-state index in [9.17, 15) is 5.11 Å². The van der Waals surface area contributed by atoms with Gasteiger partial charge in [0.1, 0.15) is 0 Å². The molecular weight excluding hydrogens is 256 g/mol. The van der Waals surface area contributed by atoms with Crippen LogP contribution in [0.2, 0.25) is 0 Å². The minimum absolute atomic E-state index is 0.220. The van der Waals surface area contributed by atoms with Gasteiger partial charge in [0.2, 0.25) is 0 Å². The predicted octanol–water partition coefficient (Wildman–Crippen LogP) is 5.57. The summed E-state index contributed by atoms with van der Waals surface area (Å²) < 4.78 is 0. The fourth-order valence-corrected chi connectivity index (χ4v) is 4.24. The van der Waals surface area contributed by atoms with Crippen molar-refractivity contribution in [2.75, 3.05) is 0 Å². The normalized spacial score (nSPS) is 34.7. The smallest absolute Gasteiger partial charge is 0.0761 e. The van der Waals surface area contributed by atoms with E-state index in [0.717, 1.165) is 12.8 Å². The highest BCUT2D eigenvalue weighted by molar-refractivity contribution is 5.28. The van der Waals surface area contributed by atoms with E-state index in [1.165, 1.54) is 48.0 Å². The molecule has 118 valence electrons. The summed E-state index contributed by atoms with van der Waals surface area (Å²) in [6.07, 6.45) is 11.3. The molecule has 0 aromatic rings. The van der Waals surface area contributed by atoms with Crippen molar-refractivity contribution >= 4 is 0 Å². The lowest BCUT2D eigenvalue weighted by Crippen LogP contribution is -2.22. The van der Waals surface area contributed by atoms with Crippen LogP contribution in [-0.4, -0.2) is 11.2 Å². The molecule has 0 saturated heterocycles. The van der Waals surface area contributed by atoms with Gasteiger partial charge in [0, 0.05) is 0 Å². The van der Waals surface area contributed by atoms with Crippen LogP contribution in [0.3, 0.4) is 0 Å². The Morgan fingerprint density at radius 3 is 2.48 bits per heavy atom. The number of hydrogen-bond acceptors (Lipinski definition) is 1. The van der Waals surface area contributed by atoms with E-state index in [-0.39, 0.29) is 11.5 Å². The molecule has 0 radical (unpaired) electrons. The van der Waals surface area contributed by atoms with Crippen molar-refractivity contribution < 1.29 is 5.11 Å². The lowest BCUT2D eigenvalue weighted by atomic mass is 9.72. The lowest BCUT2D eigenvalue weighted by molar-refractivity contribution is 0.172. The standard InChI is InChI=1S/C20H32O/c1-14(2)19-17-10-9-15(3)7-6-8-16(4)11-12-20(17,5)13-18(19)21/h7,11,17-18,21H,6,8-10,12-13H2,1-5H3. The number of allylic oxidation sites excluding steroid dienone is 5. The van der Waals surface area contributed by atoms with Gasteiger partial charge in [0.15, 0.2) is 0 Å². The highest BCUT2D eigenvalue weighted by atomic mass is 16.3. The number of aliphatic hydroxyl groups excluding tert-OH is 1. The third kappa shape index (κ3) is 3.69. The molecule has 2 rings (SSSR count). The molecule has 3 unspecified atom stereocenters. The van der Waals surface area contributed by atoms with E-state index in [4.69, 9.17) is 0 Å². The third-order valence-corrected chi connectivity index (χ3v) is 5.59.